The molecule has 0 fully saturated rings. The summed E-state index contributed by atoms with van der Waals surface area (Å²) < 4.78 is 5.28. The minimum Gasteiger partial charge on any atom is -0.496 e. The molecule has 1 unspecified atom stereocenters. The van der Waals surface area contributed by atoms with Crippen LogP contribution in [0.1, 0.15) is 22.9 Å². The summed E-state index contributed by atoms with van der Waals surface area (Å²) in [6.07, 6.45) is -0.113. The van der Waals surface area contributed by atoms with Crippen LogP contribution >= 0.6 is 0 Å². The third kappa shape index (κ3) is 2.05. The highest BCUT2D eigenvalue weighted by Crippen LogP contribution is 2.25. The molecule has 78 valence electrons. The average Bonchev–Trinajstić information content (AvgIpc) is 2.16. The SMILES string of the molecule is CNC(N)c1cc(C)c(OC)c(C)c1. The number of methoxy groups -OCH3 is 1. The minimum atomic E-state index is -0.113. The van der Waals surface area contributed by atoms with Crippen molar-refractivity contribution in [3.05, 3.63) is 28.8 Å². The molecule has 0 heterocycles. The lowest BCUT2D eigenvalue weighted by Crippen LogP contribution is -2.25. The van der Waals surface area contributed by atoms with E-state index in [-0.39, 0.29) is 6.17 Å². The maximum absolute atomic E-state index is 5.87. The van der Waals surface area contributed by atoms with Gasteiger partial charge in [0.15, 0.2) is 0 Å². The van der Waals surface area contributed by atoms with Crippen LogP contribution in [0.3, 0.4) is 0 Å². The third-order valence-electron chi connectivity index (χ3n) is 2.36. The molecule has 0 spiro atoms. The zero-order valence-corrected chi connectivity index (χ0v) is 9.22. The fourth-order valence-electron chi connectivity index (χ4n) is 1.65. The van der Waals surface area contributed by atoms with Gasteiger partial charge < -0.3 is 15.8 Å². The van der Waals surface area contributed by atoms with E-state index in [0.717, 1.165) is 22.4 Å². The molecule has 1 aromatic carbocycles. The Kier molecular flexibility index (Phi) is 3.49. The molecule has 0 aromatic heterocycles. The summed E-state index contributed by atoms with van der Waals surface area (Å²) in [7, 11) is 3.53. The molecule has 0 aliphatic carbocycles. The van der Waals surface area contributed by atoms with Crippen molar-refractivity contribution in [2.24, 2.45) is 5.73 Å². The second-order valence-electron chi connectivity index (χ2n) is 3.45. The van der Waals surface area contributed by atoms with Gasteiger partial charge in [-0.05, 0) is 49.7 Å². The molecular weight excluding hydrogens is 176 g/mol. The quantitative estimate of drug-likeness (QED) is 0.717. The second-order valence-corrected chi connectivity index (χ2v) is 3.45. The van der Waals surface area contributed by atoms with Crippen molar-refractivity contribution < 1.29 is 4.74 Å². The maximum atomic E-state index is 5.87. The van der Waals surface area contributed by atoms with E-state index in [2.05, 4.69) is 5.32 Å². The number of hydrogen-bond acceptors (Lipinski definition) is 3. The van der Waals surface area contributed by atoms with Crippen LogP contribution in [0.25, 0.3) is 0 Å². The summed E-state index contributed by atoms with van der Waals surface area (Å²) >= 11 is 0. The van der Waals surface area contributed by atoms with E-state index in [4.69, 9.17) is 10.5 Å². The van der Waals surface area contributed by atoms with Crippen molar-refractivity contribution in [2.45, 2.75) is 20.0 Å². The molecule has 1 atom stereocenters. The highest BCUT2D eigenvalue weighted by atomic mass is 16.5. The summed E-state index contributed by atoms with van der Waals surface area (Å²) in [5.41, 5.74) is 9.20. The van der Waals surface area contributed by atoms with Crippen LogP contribution in [0.4, 0.5) is 0 Å². The number of rotatable bonds is 3. The van der Waals surface area contributed by atoms with Gasteiger partial charge >= 0.3 is 0 Å². The smallest absolute Gasteiger partial charge is 0.124 e. The molecule has 0 radical (unpaired) electrons. The Morgan fingerprint density at radius 2 is 1.79 bits per heavy atom. The molecular formula is C11H18N2O. The first-order chi connectivity index (χ1) is 6.60. The van der Waals surface area contributed by atoms with Crippen molar-refractivity contribution in [2.75, 3.05) is 14.2 Å². The molecule has 0 aliphatic heterocycles. The Morgan fingerprint density at radius 3 is 2.14 bits per heavy atom. The van der Waals surface area contributed by atoms with Gasteiger partial charge in [0.2, 0.25) is 0 Å². The van der Waals surface area contributed by atoms with Crippen LogP contribution < -0.4 is 15.8 Å². The van der Waals surface area contributed by atoms with Crippen LogP contribution in [0.5, 0.6) is 5.75 Å². The predicted molar refractivity (Wildman–Crippen MR) is 58.5 cm³/mol. The van der Waals surface area contributed by atoms with Crippen molar-refractivity contribution in [1.29, 1.82) is 0 Å². The van der Waals surface area contributed by atoms with Gasteiger partial charge in [0.25, 0.3) is 0 Å². The van der Waals surface area contributed by atoms with Crippen molar-refractivity contribution in [3.8, 4) is 5.75 Å². The summed E-state index contributed by atoms with van der Waals surface area (Å²) in [5.74, 6) is 0.942. The van der Waals surface area contributed by atoms with Gasteiger partial charge in [-0.25, -0.2) is 0 Å². The average molecular weight is 194 g/mol. The fourth-order valence-corrected chi connectivity index (χ4v) is 1.65. The van der Waals surface area contributed by atoms with Crippen LogP contribution in [0.15, 0.2) is 12.1 Å². The van der Waals surface area contributed by atoms with Crippen molar-refractivity contribution in [1.82, 2.24) is 5.32 Å². The highest BCUT2D eigenvalue weighted by Gasteiger charge is 2.08. The van der Waals surface area contributed by atoms with Gasteiger partial charge in [0, 0.05) is 0 Å². The molecule has 1 rings (SSSR count). The summed E-state index contributed by atoms with van der Waals surface area (Å²) in [4.78, 5) is 0. The molecule has 3 nitrogen and oxygen atoms in total. The zero-order chi connectivity index (χ0) is 10.7. The normalized spacial score (nSPS) is 12.6. The third-order valence-corrected chi connectivity index (χ3v) is 2.36. The zero-order valence-electron chi connectivity index (χ0n) is 9.22. The number of nitrogens with two attached hydrogens (primary N) is 1. The monoisotopic (exact) mass is 194 g/mol. The van der Waals surface area contributed by atoms with E-state index in [0.29, 0.717) is 0 Å². The number of ether oxygens (including phenoxy) is 1. The van der Waals surface area contributed by atoms with Crippen LogP contribution in [0, 0.1) is 13.8 Å². The standard InChI is InChI=1S/C11H18N2O/c1-7-5-9(11(12)13-3)6-8(2)10(7)14-4/h5-6,11,13H,12H2,1-4H3. The van der Waals surface area contributed by atoms with E-state index in [1.165, 1.54) is 0 Å². The molecule has 0 saturated carbocycles. The van der Waals surface area contributed by atoms with Gasteiger partial charge in [-0.3, -0.25) is 0 Å². The Bertz CT molecular complexity index is 300. The largest absolute Gasteiger partial charge is 0.496 e. The Labute approximate surface area is 85.3 Å². The van der Waals surface area contributed by atoms with Gasteiger partial charge in [-0.1, -0.05) is 0 Å². The van der Waals surface area contributed by atoms with E-state index >= 15 is 0 Å². The number of hydrogen-bond donors (Lipinski definition) is 2. The van der Waals surface area contributed by atoms with Gasteiger partial charge in [0.1, 0.15) is 5.75 Å². The summed E-state index contributed by atoms with van der Waals surface area (Å²) in [5, 5.41) is 3.01. The lowest BCUT2D eigenvalue weighted by Gasteiger charge is -2.15. The first-order valence-electron chi connectivity index (χ1n) is 4.68. The number of nitrogens with one attached hydrogen (secondary N) is 1. The lowest BCUT2D eigenvalue weighted by atomic mass is 10.0. The van der Waals surface area contributed by atoms with E-state index in [9.17, 15) is 0 Å². The summed E-state index contributed by atoms with van der Waals surface area (Å²) in [6, 6.07) is 4.10. The molecule has 0 aliphatic rings. The molecule has 1 aromatic rings. The molecule has 3 N–H and O–H groups in total. The second kappa shape index (κ2) is 4.44. The molecule has 0 bridgehead atoms. The maximum Gasteiger partial charge on any atom is 0.124 e. The number of benzene rings is 1. The van der Waals surface area contributed by atoms with Crippen LogP contribution in [0.2, 0.25) is 0 Å². The Morgan fingerprint density at radius 1 is 1.29 bits per heavy atom. The van der Waals surface area contributed by atoms with Gasteiger partial charge in [-0.2, -0.15) is 0 Å². The van der Waals surface area contributed by atoms with E-state index < -0.39 is 0 Å². The first-order valence-corrected chi connectivity index (χ1v) is 4.68. The van der Waals surface area contributed by atoms with Gasteiger partial charge in [-0.15, -0.1) is 0 Å². The molecule has 0 amide bonds. The first kappa shape index (κ1) is 11.0. The van der Waals surface area contributed by atoms with Crippen molar-refractivity contribution >= 4 is 0 Å². The lowest BCUT2D eigenvalue weighted by molar-refractivity contribution is 0.408. The molecule has 14 heavy (non-hydrogen) atoms. The highest BCUT2D eigenvalue weighted by molar-refractivity contribution is 5.43. The molecule has 0 saturated heterocycles. The predicted octanol–water partition coefficient (Wildman–Crippen LogP) is 1.49. The minimum absolute atomic E-state index is 0.113. The van der Waals surface area contributed by atoms with Gasteiger partial charge in [0.05, 0.1) is 13.3 Å². The molecule has 3 heteroatoms. The Hall–Kier alpha value is -1.06. The summed E-state index contributed by atoms with van der Waals surface area (Å²) in [6.45, 7) is 4.05. The van der Waals surface area contributed by atoms with Crippen molar-refractivity contribution in [3.63, 3.8) is 0 Å². The van der Waals surface area contributed by atoms with E-state index in [1.54, 1.807) is 7.11 Å². The number of aryl methyl sites for hydroxylation is 2. The Balaban J connectivity index is 3.13. The van der Waals surface area contributed by atoms with Crippen LogP contribution in [-0.4, -0.2) is 14.2 Å². The topological polar surface area (TPSA) is 47.3 Å². The van der Waals surface area contributed by atoms with E-state index in [1.807, 2.05) is 33.0 Å². The fraction of sp³-hybridized carbons (Fsp3) is 0.455. The van der Waals surface area contributed by atoms with Crippen LogP contribution in [-0.2, 0) is 0 Å².